The van der Waals surface area contributed by atoms with Crippen LogP contribution in [0, 0.1) is 6.92 Å². The molecule has 0 aliphatic carbocycles. The van der Waals surface area contributed by atoms with Gasteiger partial charge in [0.25, 0.3) is 0 Å². The minimum Gasteiger partial charge on any atom is -0.507 e. The van der Waals surface area contributed by atoms with Crippen molar-refractivity contribution < 1.29 is 10.2 Å². The van der Waals surface area contributed by atoms with E-state index in [1.165, 1.54) is 0 Å². The topological polar surface area (TPSA) is 40.5 Å². The van der Waals surface area contributed by atoms with E-state index >= 15 is 0 Å². The number of aryl methyl sites for hydroxylation is 1. The molecule has 0 aromatic heterocycles. The standard InChI is InChI=1S/C11H14O2/c1-9-5-4-7-11(13)10(9)6-2-3-8-12/h2,4-7,12-13H,3,8H2,1H3. The summed E-state index contributed by atoms with van der Waals surface area (Å²) in [5, 5.41) is 18.0. The summed E-state index contributed by atoms with van der Waals surface area (Å²) in [4.78, 5) is 0. The molecule has 0 bridgehead atoms. The zero-order valence-electron chi connectivity index (χ0n) is 7.70. The summed E-state index contributed by atoms with van der Waals surface area (Å²) in [6.45, 7) is 2.08. The highest BCUT2D eigenvalue weighted by Crippen LogP contribution is 2.21. The lowest BCUT2D eigenvalue weighted by Gasteiger charge is -2.02. The molecule has 2 nitrogen and oxygen atoms in total. The van der Waals surface area contributed by atoms with Gasteiger partial charge in [0.1, 0.15) is 5.75 Å². The van der Waals surface area contributed by atoms with Gasteiger partial charge >= 0.3 is 0 Å². The lowest BCUT2D eigenvalue weighted by molar-refractivity contribution is 0.303. The van der Waals surface area contributed by atoms with Crippen LogP contribution in [0.1, 0.15) is 17.5 Å². The second kappa shape index (κ2) is 4.67. The number of aliphatic hydroxyl groups excluding tert-OH is 1. The van der Waals surface area contributed by atoms with Gasteiger partial charge in [-0.1, -0.05) is 24.3 Å². The molecule has 0 saturated heterocycles. The van der Waals surface area contributed by atoms with Crippen LogP contribution in [0.15, 0.2) is 24.3 Å². The molecule has 13 heavy (non-hydrogen) atoms. The van der Waals surface area contributed by atoms with Crippen molar-refractivity contribution in [2.75, 3.05) is 6.61 Å². The maximum absolute atomic E-state index is 9.48. The number of aromatic hydroxyl groups is 1. The second-order valence-electron chi connectivity index (χ2n) is 2.92. The fraction of sp³-hybridized carbons (Fsp3) is 0.273. The molecule has 2 N–H and O–H groups in total. The highest BCUT2D eigenvalue weighted by atomic mass is 16.3. The van der Waals surface area contributed by atoms with E-state index in [0.29, 0.717) is 6.42 Å². The Kier molecular flexibility index (Phi) is 3.53. The molecule has 1 aromatic carbocycles. The van der Waals surface area contributed by atoms with Gasteiger partial charge in [-0.3, -0.25) is 0 Å². The summed E-state index contributed by atoms with van der Waals surface area (Å²) in [5.74, 6) is 0.286. The molecule has 0 aliphatic rings. The molecule has 2 heteroatoms. The molecule has 1 aromatic rings. The lowest BCUT2D eigenvalue weighted by atomic mass is 10.1. The van der Waals surface area contributed by atoms with Gasteiger partial charge in [-0.2, -0.15) is 0 Å². The van der Waals surface area contributed by atoms with Crippen LogP contribution in [0.25, 0.3) is 6.08 Å². The number of phenolic OH excluding ortho intramolecular Hbond substituents is 1. The molecular formula is C11H14O2. The van der Waals surface area contributed by atoms with Crippen LogP contribution in [-0.4, -0.2) is 16.8 Å². The first-order chi connectivity index (χ1) is 6.25. The summed E-state index contributed by atoms with van der Waals surface area (Å²) in [5.41, 5.74) is 1.87. The van der Waals surface area contributed by atoms with Gasteiger partial charge in [0.05, 0.1) is 0 Å². The van der Waals surface area contributed by atoms with Crippen LogP contribution in [0.2, 0.25) is 0 Å². The molecule has 0 spiro atoms. The van der Waals surface area contributed by atoms with Crippen molar-refractivity contribution in [2.24, 2.45) is 0 Å². The van der Waals surface area contributed by atoms with Gasteiger partial charge in [0, 0.05) is 12.2 Å². The Balaban J connectivity index is 2.87. The molecule has 0 saturated carbocycles. The van der Waals surface area contributed by atoms with Gasteiger partial charge in [-0.05, 0) is 25.0 Å². The van der Waals surface area contributed by atoms with Crippen LogP contribution >= 0.6 is 0 Å². The Labute approximate surface area is 78.2 Å². The van der Waals surface area contributed by atoms with Crippen molar-refractivity contribution in [3.8, 4) is 5.75 Å². The van der Waals surface area contributed by atoms with Crippen LogP contribution in [0.4, 0.5) is 0 Å². The number of hydrogen-bond acceptors (Lipinski definition) is 2. The van der Waals surface area contributed by atoms with E-state index in [9.17, 15) is 5.11 Å². The molecule has 70 valence electrons. The number of rotatable bonds is 3. The fourth-order valence-corrected chi connectivity index (χ4v) is 1.16. The third-order valence-corrected chi connectivity index (χ3v) is 1.88. The van der Waals surface area contributed by atoms with Crippen LogP contribution in [0.5, 0.6) is 5.75 Å². The van der Waals surface area contributed by atoms with Gasteiger partial charge in [-0.25, -0.2) is 0 Å². The van der Waals surface area contributed by atoms with Gasteiger partial charge < -0.3 is 10.2 Å². The van der Waals surface area contributed by atoms with Gasteiger partial charge in [0.2, 0.25) is 0 Å². The third kappa shape index (κ3) is 2.60. The molecule has 0 fully saturated rings. The van der Waals surface area contributed by atoms with Crippen molar-refractivity contribution in [1.29, 1.82) is 0 Å². The van der Waals surface area contributed by atoms with Crippen molar-refractivity contribution >= 4 is 6.08 Å². The Bertz CT molecular complexity index is 283. The van der Waals surface area contributed by atoms with E-state index in [2.05, 4.69) is 0 Å². The highest BCUT2D eigenvalue weighted by Gasteiger charge is 1.98. The Morgan fingerprint density at radius 2 is 2.15 bits per heavy atom. The first-order valence-electron chi connectivity index (χ1n) is 4.31. The van der Waals surface area contributed by atoms with E-state index in [0.717, 1.165) is 11.1 Å². The van der Waals surface area contributed by atoms with Gasteiger partial charge in [-0.15, -0.1) is 0 Å². The number of phenols is 1. The molecule has 0 heterocycles. The van der Waals surface area contributed by atoms with E-state index < -0.39 is 0 Å². The first-order valence-corrected chi connectivity index (χ1v) is 4.31. The van der Waals surface area contributed by atoms with Crippen LogP contribution < -0.4 is 0 Å². The Morgan fingerprint density at radius 1 is 1.38 bits per heavy atom. The predicted octanol–water partition coefficient (Wildman–Crippen LogP) is 2.10. The molecular weight excluding hydrogens is 164 g/mol. The number of aliphatic hydroxyl groups is 1. The van der Waals surface area contributed by atoms with E-state index in [1.807, 2.05) is 31.2 Å². The Morgan fingerprint density at radius 3 is 2.77 bits per heavy atom. The van der Waals surface area contributed by atoms with Crippen LogP contribution in [0.3, 0.4) is 0 Å². The summed E-state index contributed by atoms with van der Waals surface area (Å²) in [6, 6.07) is 5.41. The quantitative estimate of drug-likeness (QED) is 0.744. The first kappa shape index (κ1) is 9.81. The maximum Gasteiger partial charge on any atom is 0.123 e. The summed E-state index contributed by atoms with van der Waals surface area (Å²) >= 11 is 0. The molecule has 0 amide bonds. The minimum absolute atomic E-state index is 0.142. The monoisotopic (exact) mass is 178 g/mol. The second-order valence-corrected chi connectivity index (χ2v) is 2.92. The smallest absolute Gasteiger partial charge is 0.123 e. The highest BCUT2D eigenvalue weighted by molar-refractivity contribution is 5.60. The third-order valence-electron chi connectivity index (χ3n) is 1.88. The number of hydrogen-bond donors (Lipinski definition) is 2. The van der Waals surface area contributed by atoms with Crippen molar-refractivity contribution in [3.63, 3.8) is 0 Å². The Hall–Kier alpha value is -1.28. The molecule has 0 aliphatic heterocycles. The van der Waals surface area contributed by atoms with Gasteiger partial charge in [0.15, 0.2) is 0 Å². The number of benzene rings is 1. The lowest BCUT2D eigenvalue weighted by Crippen LogP contribution is -1.81. The summed E-state index contributed by atoms with van der Waals surface area (Å²) in [6.07, 6.45) is 4.30. The van der Waals surface area contributed by atoms with E-state index in [4.69, 9.17) is 5.11 Å². The maximum atomic E-state index is 9.48. The zero-order valence-corrected chi connectivity index (χ0v) is 7.70. The van der Waals surface area contributed by atoms with Crippen molar-refractivity contribution in [2.45, 2.75) is 13.3 Å². The van der Waals surface area contributed by atoms with Crippen LogP contribution in [-0.2, 0) is 0 Å². The normalized spacial score (nSPS) is 10.9. The zero-order chi connectivity index (χ0) is 9.68. The summed E-state index contributed by atoms with van der Waals surface area (Å²) < 4.78 is 0. The average molecular weight is 178 g/mol. The van der Waals surface area contributed by atoms with E-state index in [-0.39, 0.29) is 12.4 Å². The average Bonchev–Trinajstić information content (AvgIpc) is 2.10. The molecule has 0 unspecified atom stereocenters. The van der Waals surface area contributed by atoms with Crippen molar-refractivity contribution in [1.82, 2.24) is 0 Å². The largest absolute Gasteiger partial charge is 0.507 e. The molecule has 1 rings (SSSR count). The minimum atomic E-state index is 0.142. The van der Waals surface area contributed by atoms with Crippen molar-refractivity contribution in [3.05, 3.63) is 35.4 Å². The summed E-state index contributed by atoms with van der Waals surface area (Å²) in [7, 11) is 0. The molecule has 0 atom stereocenters. The van der Waals surface area contributed by atoms with E-state index in [1.54, 1.807) is 6.07 Å². The fourth-order valence-electron chi connectivity index (χ4n) is 1.16. The SMILES string of the molecule is Cc1cccc(O)c1C=CCCO. The predicted molar refractivity (Wildman–Crippen MR) is 53.6 cm³/mol. The molecule has 0 radical (unpaired) electrons.